The van der Waals surface area contributed by atoms with E-state index < -0.39 is 0 Å². The summed E-state index contributed by atoms with van der Waals surface area (Å²) in [6, 6.07) is 16.9. The summed E-state index contributed by atoms with van der Waals surface area (Å²) >= 11 is 7.33. The standard InChI is InChI=1S/C20H18ClN5OS/c1-2-26-18(10-14-6-4-3-5-7-14)24-25-20(26)28-13-19(27)23-16-9-8-15(12-22)17(21)11-16/h3-9,11H,2,10,13H2,1H3,(H,23,27). The first kappa shape index (κ1) is 19.9. The van der Waals surface area contributed by atoms with Crippen LogP contribution in [0.15, 0.2) is 53.7 Å². The Morgan fingerprint density at radius 1 is 1.25 bits per heavy atom. The van der Waals surface area contributed by atoms with Crippen LogP contribution < -0.4 is 5.32 Å². The third kappa shape index (κ3) is 4.91. The third-order valence-electron chi connectivity index (χ3n) is 4.02. The molecule has 1 heterocycles. The number of nitrogens with one attached hydrogen (secondary N) is 1. The van der Waals surface area contributed by atoms with Gasteiger partial charge in [0, 0.05) is 18.7 Å². The molecule has 3 rings (SSSR count). The minimum atomic E-state index is -0.180. The number of carbonyl (C=O) groups is 1. The fraction of sp³-hybridized carbons (Fsp3) is 0.200. The van der Waals surface area contributed by atoms with Gasteiger partial charge in [0.05, 0.1) is 16.3 Å². The Hall–Kier alpha value is -2.82. The number of hydrogen-bond acceptors (Lipinski definition) is 5. The van der Waals surface area contributed by atoms with Gasteiger partial charge in [-0.2, -0.15) is 5.26 Å². The molecule has 0 saturated heterocycles. The smallest absolute Gasteiger partial charge is 0.234 e. The molecular weight excluding hydrogens is 394 g/mol. The van der Waals surface area contributed by atoms with Crippen LogP contribution in [-0.4, -0.2) is 26.4 Å². The molecule has 0 aliphatic heterocycles. The average molecular weight is 412 g/mol. The zero-order valence-electron chi connectivity index (χ0n) is 15.2. The fourth-order valence-corrected chi connectivity index (χ4v) is 3.71. The second-order valence-corrected chi connectivity index (χ2v) is 7.30. The van der Waals surface area contributed by atoms with Crippen molar-refractivity contribution in [1.82, 2.24) is 14.8 Å². The van der Waals surface area contributed by atoms with Crippen molar-refractivity contribution in [3.05, 3.63) is 70.5 Å². The molecule has 0 spiro atoms. The molecule has 28 heavy (non-hydrogen) atoms. The predicted molar refractivity (Wildman–Crippen MR) is 110 cm³/mol. The van der Waals surface area contributed by atoms with E-state index in [1.165, 1.54) is 11.8 Å². The van der Waals surface area contributed by atoms with Crippen molar-refractivity contribution in [2.45, 2.75) is 25.0 Å². The van der Waals surface area contributed by atoms with Gasteiger partial charge in [0.1, 0.15) is 11.9 Å². The van der Waals surface area contributed by atoms with Gasteiger partial charge in [0.15, 0.2) is 5.16 Å². The average Bonchev–Trinajstić information content (AvgIpc) is 3.09. The van der Waals surface area contributed by atoms with Crippen molar-refractivity contribution in [1.29, 1.82) is 5.26 Å². The fourth-order valence-electron chi connectivity index (χ4n) is 2.66. The summed E-state index contributed by atoms with van der Waals surface area (Å²) < 4.78 is 2.02. The first-order chi connectivity index (χ1) is 13.6. The molecule has 1 aromatic heterocycles. The van der Waals surface area contributed by atoms with Crippen LogP contribution in [0.25, 0.3) is 0 Å². The number of hydrogen-bond donors (Lipinski definition) is 1. The summed E-state index contributed by atoms with van der Waals surface area (Å²) in [6.45, 7) is 2.76. The van der Waals surface area contributed by atoms with Gasteiger partial charge in [-0.3, -0.25) is 4.79 Å². The van der Waals surface area contributed by atoms with E-state index in [-0.39, 0.29) is 11.7 Å². The summed E-state index contributed by atoms with van der Waals surface area (Å²) in [5, 5.41) is 21.2. The van der Waals surface area contributed by atoms with Crippen molar-refractivity contribution in [3.63, 3.8) is 0 Å². The van der Waals surface area contributed by atoms with Gasteiger partial charge in [0.25, 0.3) is 0 Å². The highest BCUT2D eigenvalue weighted by molar-refractivity contribution is 7.99. The van der Waals surface area contributed by atoms with Crippen molar-refractivity contribution >= 4 is 35.0 Å². The molecule has 6 nitrogen and oxygen atoms in total. The molecule has 142 valence electrons. The van der Waals surface area contributed by atoms with E-state index in [1.807, 2.05) is 35.8 Å². The van der Waals surface area contributed by atoms with E-state index in [0.717, 1.165) is 17.9 Å². The van der Waals surface area contributed by atoms with E-state index in [0.29, 0.717) is 27.9 Å². The lowest BCUT2D eigenvalue weighted by molar-refractivity contribution is -0.113. The van der Waals surface area contributed by atoms with Crippen LogP contribution in [0.3, 0.4) is 0 Å². The van der Waals surface area contributed by atoms with Crippen LogP contribution in [0.4, 0.5) is 5.69 Å². The number of carbonyl (C=O) groups excluding carboxylic acids is 1. The lowest BCUT2D eigenvalue weighted by atomic mass is 10.1. The number of benzene rings is 2. The van der Waals surface area contributed by atoms with Crippen LogP contribution in [0.1, 0.15) is 23.9 Å². The van der Waals surface area contributed by atoms with Crippen LogP contribution in [-0.2, 0) is 17.8 Å². The van der Waals surface area contributed by atoms with Gasteiger partial charge in [-0.05, 0) is 30.7 Å². The van der Waals surface area contributed by atoms with Gasteiger partial charge < -0.3 is 9.88 Å². The molecule has 0 saturated carbocycles. The molecule has 2 aromatic carbocycles. The van der Waals surface area contributed by atoms with Gasteiger partial charge in [-0.25, -0.2) is 0 Å². The van der Waals surface area contributed by atoms with Gasteiger partial charge in [-0.15, -0.1) is 10.2 Å². The second-order valence-electron chi connectivity index (χ2n) is 5.95. The minimum absolute atomic E-state index is 0.180. The number of rotatable bonds is 7. The highest BCUT2D eigenvalue weighted by Gasteiger charge is 2.14. The molecule has 0 bridgehead atoms. The first-order valence-corrected chi connectivity index (χ1v) is 10.1. The molecule has 0 radical (unpaired) electrons. The lowest BCUT2D eigenvalue weighted by Crippen LogP contribution is -2.15. The van der Waals surface area contributed by atoms with E-state index in [4.69, 9.17) is 16.9 Å². The summed E-state index contributed by atoms with van der Waals surface area (Å²) in [5.41, 5.74) is 2.09. The van der Waals surface area contributed by atoms with Crippen LogP contribution in [0.2, 0.25) is 5.02 Å². The Morgan fingerprint density at radius 3 is 2.71 bits per heavy atom. The Labute approximate surface area is 172 Å². The highest BCUT2D eigenvalue weighted by atomic mass is 35.5. The minimum Gasteiger partial charge on any atom is -0.325 e. The SMILES string of the molecule is CCn1c(Cc2ccccc2)nnc1SCC(=O)Nc1ccc(C#N)c(Cl)c1. The summed E-state index contributed by atoms with van der Waals surface area (Å²) in [4.78, 5) is 12.3. The third-order valence-corrected chi connectivity index (χ3v) is 5.30. The number of nitrogens with zero attached hydrogens (tertiary/aromatic N) is 4. The Kier molecular flexibility index (Phi) is 6.69. The Morgan fingerprint density at radius 2 is 2.04 bits per heavy atom. The number of thioether (sulfide) groups is 1. The van der Waals surface area contributed by atoms with Crippen molar-refractivity contribution in [2.75, 3.05) is 11.1 Å². The molecule has 3 aromatic rings. The molecule has 1 amide bonds. The maximum Gasteiger partial charge on any atom is 0.234 e. The largest absolute Gasteiger partial charge is 0.325 e. The first-order valence-electron chi connectivity index (χ1n) is 8.69. The number of aromatic nitrogens is 3. The topological polar surface area (TPSA) is 83.6 Å². The maximum absolute atomic E-state index is 12.3. The molecule has 0 aliphatic carbocycles. The lowest BCUT2D eigenvalue weighted by Gasteiger charge is -2.08. The second kappa shape index (κ2) is 9.40. The summed E-state index contributed by atoms with van der Waals surface area (Å²) in [6.07, 6.45) is 0.693. The zero-order valence-corrected chi connectivity index (χ0v) is 16.8. The van der Waals surface area contributed by atoms with Crippen LogP contribution >= 0.6 is 23.4 Å². The van der Waals surface area contributed by atoms with E-state index >= 15 is 0 Å². The normalized spacial score (nSPS) is 10.5. The van der Waals surface area contributed by atoms with E-state index in [2.05, 4.69) is 27.6 Å². The van der Waals surface area contributed by atoms with E-state index in [9.17, 15) is 4.79 Å². The number of anilines is 1. The monoisotopic (exact) mass is 411 g/mol. The van der Waals surface area contributed by atoms with Crippen LogP contribution in [0, 0.1) is 11.3 Å². The van der Waals surface area contributed by atoms with Crippen LogP contribution in [0.5, 0.6) is 0 Å². The molecule has 1 N–H and O–H groups in total. The number of halogens is 1. The van der Waals surface area contributed by atoms with Crippen molar-refractivity contribution in [3.8, 4) is 6.07 Å². The van der Waals surface area contributed by atoms with Gasteiger partial charge >= 0.3 is 0 Å². The maximum atomic E-state index is 12.3. The Bertz CT molecular complexity index is 1010. The summed E-state index contributed by atoms with van der Waals surface area (Å²) in [5.74, 6) is 0.887. The molecule has 0 aliphatic rings. The van der Waals surface area contributed by atoms with Gasteiger partial charge in [0.2, 0.25) is 5.91 Å². The van der Waals surface area contributed by atoms with Crippen molar-refractivity contribution < 1.29 is 4.79 Å². The zero-order chi connectivity index (χ0) is 19.9. The molecular formula is C20H18ClN5OS. The number of nitriles is 1. The molecule has 0 fully saturated rings. The highest BCUT2D eigenvalue weighted by Crippen LogP contribution is 2.22. The summed E-state index contributed by atoms with van der Waals surface area (Å²) in [7, 11) is 0. The van der Waals surface area contributed by atoms with E-state index in [1.54, 1.807) is 18.2 Å². The Balaban J connectivity index is 1.62. The van der Waals surface area contributed by atoms with Gasteiger partial charge in [-0.1, -0.05) is 53.7 Å². The molecule has 8 heteroatoms. The molecule has 0 unspecified atom stereocenters. The quantitative estimate of drug-likeness (QED) is 0.590. The molecule has 0 atom stereocenters. The predicted octanol–water partition coefficient (Wildman–Crippen LogP) is 4.14. The van der Waals surface area contributed by atoms with Crippen molar-refractivity contribution in [2.24, 2.45) is 0 Å². The number of amides is 1.